The van der Waals surface area contributed by atoms with Gasteiger partial charge in [0.25, 0.3) is 0 Å². The number of hydrogen-bond acceptors (Lipinski definition) is 3. The lowest BCUT2D eigenvalue weighted by molar-refractivity contribution is -0.0395. The SMILES string of the molecule is N#Cc1cc(Cl)ccc1N1CCC(OC2CCCCC2)CC1. The second-order valence-corrected chi connectivity index (χ2v) is 6.79. The van der Waals surface area contributed by atoms with Crippen molar-refractivity contribution in [1.29, 1.82) is 5.26 Å². The molecule has 0 aromatic heterocycles. The quantitative estimate of drug-likeness (QED) is 0.821. The Hall–Kier alpha value is -1.24. The van der Waals surface area contributed by atoms with Crippen LogP contribution in [0, 0.1) is 11.3 Å². The summed E-state index contributed by atoms with van der Waals surface area (Å²) in [6.45, 7) is 1.90. The van der Waals surface area contributed by atoms with Crippen LogP contribution in [0.4, 0.5) is 5.69 Å². The van der Waals surface area contributed by atoms with Crippen LogP contribution in [0.25, 0.3) is 0 Å². The maximum Gasteiger partial charge on any atom is 0.101 e. The van der Waals surface area contributed by atoms with E-state index in [1.165, 1.54) is 32.1 Å². The molecule has 3 rings (SSSR count). The molecule has 0 bridgehead atoms. The Morgan fingerprint density at radius 1 is 1.05 bits per heavy atom. The van der Waals surface area contributed by atoms with Crippen molar-refractivity contribution < 1.29 is 4.74 Å². The van der Waals surface area contributed by atoms with Crippen molar-refractivity contribution >= 4 is 17.3 Å². The lowest BCUT2D eigenvalue weighted by Crippen LogP contribution is -2.39. The lowest BCUT2D eigenvalue weighted by atomic mass is 9.97. The number of nitriles is 1. The van der Waals surface area contributed by atoms with E-state index in [4.69, 9.17) is 16.3 Å². The summed E-state index contributed by atoms with van der Waals surface area (Å²) in [5.74, 6) is 0. The molecule has 0 N–H and O–H groups in total. The first-order chi connectivity index (χ1) is 10.8. The summed E-state index contributed by atoms with van der Waals surface area (Å²) in [5.41, 5.74) is 1.67. The third kappa shape index (κ3) is 3.74. The minimum atomic E-state index is 0.386. The number of halogens is 1. The molecule has 1 aromatic rings. The van der Waals surface area contributed by atoms with E-state index in [1.807, 2.05) is 12.1 Å². The van der Waals surface area contributed by atoms with Gasteiger partial charge in [0, 0.05) is 18.1 Å². The van der Waals surface area contributed by atoms with Gasteiger partial charge in [0.05, 0.1) is 23.5 Å². The fourth-order valence-corrected chi connectivity index (χ4v) is 3.75. The van der Waals surface area contributed by atoms with Crippen LogP contribution in [-0.4, -0.2) is 25.3 Å². The number of piperidine rings is 1. The van der Waals surface area contributed by atoms with Crippen LogP contribution >= 0.6 is 11.6 Å². The third-order valence-corrected chi connectivity index (χ3v) is 5.03. The molecule has 118 valence electrons. The molecule has 0 atom stereocenters. The Labute approximate surface area is 137 Å². The van der Waals surface area contributed by atoms with Crippen molar-refractivity contribution in [2.75, 3.05) is 18.0 Å². The van der Waals surface area contributed by atoms with Crippen LogP contribution in [0.1, 0.15) is 50.5 Å². The summed E-state index contributed by atoms with van der Waals surface area (Å²) in [6, 6.07) is 7.83. The summed E-state index contributed by atoms with van der Waals surface area (Å²) in [5, 5.41) is 9.90. The average Bonchev–Trinajstić information content (AvgIpc) is 2.56. The zero-order valence-electron chi connectivity index (χ0n) is 12.9. The number of hydrogen-bond donors (Lipinski definition) is 0. The van der Waals surface area contributed by atoms with Crippen molar-refractivity contribution in [3.8, 4) is 6.07 Å². The van der Waals surface area contributed by atoms with Crippen LogP contribution in [0.3, 0.4) is 0 Å². The van der Waals surface area contributed by atoms with Gasteiger partial charge in [0.2, 0.25) is 0 Å². The summed E-state index contributed by atoms with van der Waals surface area (Å²) < 4.78 is 6.28. The van der Waals surface area contributed by atoms with Crippen LogP contribution in [0.5, 0.6) is 0 Å². The van der Waals surface area contributed by atoms with E-state index >= 15 is 0 Å². The number of anilines is 1. The molecular weight excluding hydrogens is 296 g/mol. The number of nitrogens with zero attached hydrogens (tertiary/aromatic N) is 2. The molecule has 22 heavy (non-hydrogen) atoms. The van der Waals surface area contributed by atoms with Crippen LogP contribution in [-0.2, 0) is 4.74 Å². The van der Waals surface area contributed by atoms with Gasteiger partial charge in [-0.15, -0.1) is 0 Å². The molecule has 0 radical (unpaired) electrons. The highest BCUT2D eigenvalue weighted by molar-refractivity contribution is 6.30. The van der Waals surface area contributed by atoms with E-state index in [-0.39, 0.29) is 0 Å². The van der Waals surface area contributed by atoms with Gasteiger partial charge in [-0.3, -0.25) is 0 Å². The Kier molecular flexibility index (Phi) is 5.23. The topological polar surface area (TPSA) is 36.3 Å². The molecule has 1 aliphatic heterocycles. The molecule has 2 fully saturated rings. The fourth-order valence-electron chi connectivity index (χ4n) is 3.58. The second-order valence-electron chi connectivity index (χ2n) is 6.36. The highest BCUT2D eigenvalue weighted by atomic mass is 35.5. The molecule has 3 nitrogen and oxygen atoms in total. The van der Waals surface area contributed by atoms with Crippen molar-refractivity contribution in [3.63, 3.8) is 0 Å². The number of ether oxygens (including phenoxy) is 1. The Morgan fingerprint density at radius 3 is 2.41 bits per heavy atom. The van der Waals surface area contributed by atoms with Crippen LogP contribution in [0.15, 0.2) is 18.2 Å². The molecule has 0 amide bonds. The predicted octanol–water partition coefficient (Wildman–Crippen LogP) is 4.53. The molecule has 1 aromatic carbocycles. The predicted molar refractivity (Wildman–Crippen MR) is 89.4 cm³/mol. The van der Waals surface area contributed by atoms with Crippen LogP contribution in [0.2, 0.25) is 5.02 Å². The largest absolute Gasteiger partial charge is 0.375 e. The normalized spacial score (nSPS) is 20.8. The van der Waals surface area contributed by atoms with E-state index < -0.39 is 0 Å². The smallest absolute Gasteiger partial charge is 0.101 e. The number of benzene rings is 1. The summed E-state index contributed by atoms with van der Waals surface area (Å²) in [6.07, 6.45) is 9.43. The van der Waals surface area contributed by atoms with Crippen molar-refractivity contribution in [3.05, 3.63) is 28.8 Å². The first kappa shape index (κ1) is 15.6. The summed E-state index contributed by atoms with van der Waals surface area (Å²) in [7, 11) is 0. The van der Waals surface area contributed by atoms with Gasteiger partial charge < -0.3 is 9.64 Å². The second kappa shape index (κ2) is 7.35. The summed E-state index contributed by atoms with van der Waals surface area (Å²) >= 11 is 5.98. The van der Waals surface area contributed by atoms with E-state index in [9.17, 15) is 5.26 Å². The Morgan fingerprint density at radius 2 is 1.73 bits per heavy atom. The minimum absolute atomic E-state index is 0.386. The third-order valence-electron chi connectivity index (χ3n) is 4.80. The molecule has 2 aliphatic rings. The standard InChI is InChI=1S/C18H23ClN2O/c19-15-6-7-18(14(12-15)13-20)21-10-8-17(9-11-21)22-16-4-2-1-3-5-16/h6-7,12,16-17H,1-5,8-11H2. The zero-order chi connectivity index (χ0) is 15.4. The molecule has 1 saturated carbocycles. The molecule has 0 spiro atoms. The highest BCUT2D eigenvalue weighted by Gasteiger charge is 2.25. The van der Waals surface area contributed by atoms with Crippen molar-refractivity contribution in [2.45, 2.75) is 57.2 Å². The molecule has 1 saturated heterocycles. The van der Waals surface area contributed by atoms with Gasteiger partial charge in [-0.1, -0.05) is 30.9 Å². The molecular formula is C18H23ClN2O. The monoisotopic (exact) mass is 318 g/mol. The average molecular weight is 319 g/mol. The van der Waals surface area contributed by atoms with Crippen LogP contribution < -0.4 is 4.90 Å². The van der Waals surface area contributed by atoms with E-state index in [0.717, 1.165) is 31.6 Å². The summed E-state index contributed by atoms with van der Waals surface area (Å²) in [4.78, 5) is 2.29. The molecule has 1 heterocycles. The fraction of sp³-hybridized carbons (Fsp3) is 0.611. The van der Waals surface area contributed by atoms with Crippen molar-refractivity contribution in [1.82, 2.24) is 0 Å². The lowest BCUT2D eigenvalue weighted by Gasteiger charge is -2.36. The first-order valence-electron chi connectivity index (χ1n) is 8.36. The molecule has 0 unspecified atom stereocenters. The first-order valence-corrected chi connectivity index (χ1v) is 8.74. The van der Waals surface area contributed by atoms with E-state index in [2.05, 4.69) is 11.0 Å². The van der Waals surface area contributed by atoms with E-state index in [0.29, 0.717) is 22.8 Å². The molecule has 1 aliphatic carbocycles. The van der Waals surface area contributed by atoms with Gasteiger partial charge in [0.15, 0.2) is 0 Å². The van der Waals surface area contributed by atoms with Gasteiger partial charge in [-0.25, -0.2) is 0 Å². The highest BCUT2D eigenvalue weighted by Crippen LogP contribution is 2.29. The Bertz CT molecular complexity index is 541. The Balaban J connectivity index is 1.56. The maximum atomic E-state index is 9.28. The molecule has 4 heteroatoms. The van der Waals surface area contributed by atoms with Crippen molar-refractivity contribution in [2.24, 2.45) is 0 Å². The van der Waals surface area contributed by atoms with Gasteiger partial charge >= 0.3 is 0 Å². The van der Waals surface area contributed by atoms with E-state index in [1.54, 1.807) is 6.07 Å². The van der Waals surface area contributed by atoms with Gasteiger partial charge in [0.1, 0.15) is 6.07 Å². The van der Waals surface area contributed by atoms with Gasteiger partial charge in [-0.2, -0.15) is 5.26 Å². The maximum absolute atomic E-state index is 9.28. The minimum Gasteiger partial charge on any atom is -0.375 e. The van der Waals surface area contributed by atoms with Gasteiger partial charge in [-0.05, 0) is 43.9 Å². The zero-order valence-corrected chi connectivity index (χ0v) is 13.7. The number of rotatable bonds is 3.